The molecule has 4 heteroatoms. The van der Waals surface area contributed by atoms with Crippen molar-refractivity contribution in [1.82, 2.24) is 15.0 Å². The zero-order valence-corrected chi connectivity index (χ0v) is 27.3. The van der Waals surface area contributed by atoms with Crippen LogP contribution in [0.4, 0.5) is 0 Å². The molecule has 1 aromatic heterocycles. The summed E-state index contributed by atoms with van der Waals surface area (Å²) in [5.74, 6) is 1.97. The van der Waals surface area contributed by atoms with Gasteiger partial charge >= 0.3 is 195 Å². The van der Waals surface area contributed by atoms with E-state index in [0.29, 0.717) is 17.5 Å². The summed E-state index contributed by atoms with van der Waals surface area (Å²) in [6, 6.07) is 59.1. The van der Waals surface area contributed by atoms with Gasteiger partial charge in [-0.05, 0) is 0 Å². The van der Waals surface area contributed by atoms with Gasteiger partial charge in [-0.25, -0.2) is 4.98 Å². The Labute approximate surface area is 282 Å². The predicted octanol–water partition coefficient (Wildman–Crippen LogP) is 9.55. The van der Waals surface area contributed by atoms with E-state index in [4.69, 9.17) is 15.0 Å². The predicted molar refractivity (Wildman–Crippen MR) is 197 cm³/mol. The van der Waals surface area contributed by atoms with Gasteiger partial charge in [0.2, 0.25) is 0 Å². The van der Waals surface area contributed by atoms with E-state index in [-0.39, 0.29) is 0 Å². The summed E-state index contributed by atoms with van der Waals surface area (Å²) < 4.78 is 1.22. The SMILES string of the molecule is [SeH]c1c(-c2ccccc2)cccc1-c1ccc(-c2cccc3c(-c4nc(-c5ccccc5)nc(-c5ccccc5)n4)cccc23)cc1. The molecule has 0 aliphatic rings. The molecular weight excluding hydrogens is 637 g/mol. The summed E-state index contributed by atoms with van der Waals surface area (Å²) in [6.45, 7) is 0. The Morgan fingerprint density at radius 2 is 0.638 bits per heavy atom. The zero-order chi connectivity index (χ0) is 31.6. The van der Waals surface area contributed by atoms with Gasteiger partial charge in [0.15, 0.2) is 11.6 Å². The van der Waals surface area contributed by atoms with Gasteiger partial charge in [0.05, 0.1) is 0 Å². The van der Waals surface area contributed by atoms with E-state index in [2.05, 4.69) is 125 Å². The summed E-state index contributed by atoms with van der Waals surface area (Å²) >= 11 is 2.78. The minimum atomic E-state index is 0.655. The van der Waals surface area contributed by atoms with Crippen LogP contribution in [0.5, 0.6) is 0 Å². The quantitative estimate of drug-likeness (QED) is 0.166. The molecule has 0 atom stereocenters. The maximum absolute atomic E-state index is 5.01. The molecule has 1 heterocycles. The molecule has 0 saturated carbocycles. The van der Waals surface area contributed by atoms with Crippen LogP contribution < -0.4 is 4.46 Å². The first-order valence-corrected chi connectivity index (χ1v) is 16.5. The molecule has 7 aromatic carbocycles. The van der Waals surface area contributed by atoms with Crippen LogP contribution in [-0.2, 0) is 0 Å². The van der Waals surface area contributed by atoms with E-state index < -0.39 is 0 Å². The Morgan fingerprint density at radius 3 is 1.17 bits per heavy atom. The molecule has 8 aromatic rings. The van der Waals surface area contributed by atoms with E-state index in [1.54, 1.807) is 0 Å². The van der Waals surface area contributed by atoms with Gasteiger partial charge < -0.3 is 0 Å². The van der Waals surface area contributed by atoms with Crippen molar-refractivity contribution in [3.63, 3.8) is 0 Å². The second kappa shape index (κ2) is 12.6. The molecule has 222 valence electrons. The van der Waals surface area contributed by atoms with E-state index >= 15 is 0 Å². The van der Waals surface area contributed by atoms with Crippen LogP contribution in [0, 0.1) is 0 Å². The minimum absolute atomic E-state index is 0.655. The fourth-order valence-corrected chi connectivity index (χ4v) is 7.00. The van der Waals surface area contributed by atoms with Gasteiger partial charge in [0.1, 0.15) is 0 Å². The summed E-state index contributed by atoms with van der Waals surface area (Å²) in [6.07, 6.45) is 0. The first kappa shape index (κ1) is 28.8. The van der Waals surface area contributed by atoms with Crippen LogP contribution >= 0.6 is 0 Å². The monoisotopic (exact) mass is 667 g/mol. The maximum atomic E-state index is 5.01. The average molecular weight is 667 g/mol. The third-order valence-electron chi connectivity index (χ3n) is 8.49. The van der Waals surface area contributed by atoms with Crippen molar-refractivity contribution in [3.05, 3.63) is 170 Å². The van der Waals surface area contributed by atoms with E-state index in [0.717, 1.165) is 33.0 Å². The molecule has 8 rings (SSSR count). The summed E-state index contributed by atoms with van der Waals surface area (Å²) in [5.41, 5.74) is 10.1. The molecule has 0 unspecified atom stereocenters. The molecule has 0 fully saturated rings. The first-order valence-electron chi connectivity index (χ1n) is 15.6. The average Bonchev–Trinajstić information content (AvgIpc) is 3.15. The van der Waals surface area contributed by atoms with Gasteiger partial charge in [-0.1, -0.05) is 60.7 Å². The van der Waals surface area contributed by atoms with E-state index in [9.17, 15) is 0 Å². The van der Waals surface area contributed by atoms with Crippen molar-refractivity contribution in [1.29, 1.82) is 0 Å². The van der Waals surface area contributed by atoms with Crippen LogP contribution in [0.25, 0.3) is 78.3 Å². The van der Waals surface area contributed by atoms with Crippen LogP contribution in [0.3, 0.4) is 0 Å². The van der Waals surface area contributed by atoms with Gasteiger partial charge in [-0.2, -0.15) is 0 Å². The summed E-state index contributed by atoms with van der Waals surface area (Å²) in [5, 5.41) is 2.25. The zero-order valence-electron chi connectivity index (χ0n) is 25.5. The van der Waals surface area contributed by atoms with Crippen molar-refractivity contribution in [2.75, 3.05) is 0 Å². The second-order valence-electron chi connectivity index (χ2n) is 11.4. The fraction of sp³-hybridized carbons (Fsp3) is 0. The molecule has 0 radical (unpaired) electrons. The Balaban J connectivity index is 1.21. The van der Waals surface area contributed by atoms with Crippen LogP contribution in [-0.4, -0.2) is 31.0 Å². The molecule has 0 aliphatic carbocycles. The number of nitrogens with zero attached hydrogens (tertiary/aromatic N) is 3. The van der Waals surface area contributed by atoms with Gasteiger partial charge in [-0.15, -0.1) is 0 Å². The molecule has 0 spiro atoms. The second-order valence-corrected chi connectivity index (χ2v) is 12.3. The standard InChI is InChI=1S/C43H29N3Se/c47-40-35(29-13-4-1-5-14-29)20-11-21-36(40)31-27-25-30(26-28-31)34-19-10-23-38-37(34)22-12-24-39(38)43-45-41(32-15-6-2-7-16-32)44-42(46-43)33-17-8-3-9-18-33/h1-28,47H. The number of rotatable bonds is 6. The number of hydrogen-bond donors (Lipinski definition) is 0. The van der Waals surface area contributed by atoms with Crippen molar-refractivity contribution < 1.29 is 0 Å². The molecule has 0 bridgehead atoms. The van der Waals surface area contributed by atoms with Gasteiger partial charge in [0.25, 0.3) is 0 Å². The van der Waals surface area contributed by atoms with E-state index in [1.165, 1.54) is 32.3 Å². The van der Waals surface area contributed by atoms with Crippen LogP contribution in [0.2, 0.25) is 0 Å². The summed E-state index contributed by atoms with van der Waals surface area (Å²) in [7, 11) is 0. The molecule has 3 nitrogen and oxygen atoms in total. The number of benzene rings is 7. The van der Waals surface area contributed by atoms with Gasteiger partial charge in [0, 0.05) is 11.1 Å². The fourth-order valence-electron chi connectivity index (χ4n) is 6.14. The Kier molecular flexibility index (Phi) is 7.72. The van der Waals surface area contributed by atoms with Crippen LogP contribution in [0.15, 0.2) is 170 Å². The molecule has 0 saturated heterocycles. The molecule has 0 amide bonds. The van der Waals surface area contributed by atoms with Crippen molar-refractivity contribution >= 4 is 31.2 Å². The number of aromatic nitrogens is 3. The molecule has 47 heavy (non-hydrogen) atoms. The number of fused-ring (bicyclic) bond motifs is 1. The third kappa shape index (κ3) is 5.66. The van der Waals surface area contributed by atoms with Crippen molar-refractivity contribution in [2.45, 2.75) is 0 Å². The molecule has 0 N–H and O–H groups in total. The molecular formula is C43H29N3Se. The third-order valence-corrected chi connectivity index (χ3v) is 9.50. The number of hydrogen-bond acceptors (Lipinski definition) is 3. The first-order chi connectivity index (χ1) is 23.2. The van der Waals surface area contributed by atoms with Crippen molar-refractivity contribution in [3.8, 4) is 67.5 Å². The Hall–Kier alpha value is -5.67. The van der Waals surface area contributed by atoms with Crippen LogP contribution in [0.1, 0.15) is 0 Å². The normalized spacial score (nSPS) is 11.1. The van der Waals surface area contributed by atoms with Crippen molar-refractivity contribution in [2.24, 2.45) is 0 Å². The van der Waals surface area contributed by atoms with E-state index in [1.807, 2.05) is 60.7 Å². The Morgan fingerprint density at radius 1 is 0.277 bits per heavy atom. The molecule has 0 aliphatic heterocycles. The topological polar surface area (TPSA) is 38.7 Å². The van der Waals surface area contributed by atoms with Gasteiger partial charge in [-0.3, -0.25) is 0 Å². The summed E-state index contributed by atoms with van der Waals surface area (Å²) in [4.78, 5) is 14.9. The Bertz CT molecular complexity index is 2280.